The number of nitrogen functional groups attached to an aromatic ring is 1. The van der Waals surface area contributed by atoms with Crippen molar-refractivity contribution in [1.82, 2.24) is 0 Å². The lowest BCUT2D eigenvalue weighted by molar-refractivity contribution is 0.100. The SMILES string of the molecule is NC(=O)c1cccc(Nc2cc(F)c(F)cc2F)c1N. The van der Waals surface area contributed by atoms with Gasteiger partial charge in [0.2, 0.25) is 0 Å². The van der Waals surface area contributed by atoms with E-state index in [1.807, 2.05) is 0 Å². The van der Waals surface area contributed by atoms with Crippen LogP contribution in [0.1, 0.15) is 10.4 Å². The Labute approximate surface area is 112 Å². The van der Waals surface area contributed by atoms with Crippen molar-refractivity contribution in [2.24, 2.45) is 5.73 Å². The molecule has 0 unspecified atom stereocenters. The van der Waals surface area contributed by atoms with Gasteiger partial charge in [0.05, 0.1) is 22.6 Å². The zero-order valence-electron chi connectivity index (χ0n) is 10.1. The smallest absolute Gasteiger partial charge is 0.250 e. The number of nitrogens with one attached hydrogen (secondary N) is 1. The molecule has 0 radical (unpaired) electrons. The lowest BCUT2D eigenvalue weighted by atomic mass is 10.1. The van der Waals surface area contributed by atoms with Crippen LogP contribution in [-0.2, 0) is 0 Å². The van der Waals surface area contributed by atoms with Gasteiger partial charge in [-0.15, -0.1) is 0 Å². The second-order valence-electron chi connectivity index (χ2n) is 4.00. The van der Waals surface area contributed by atoms with Crippen LogP contribution in [0.3, 0.4) is 0 Å². The van der Waals surface area contributed by atoms with Crippen molar-refractivity contribution in [2.75, 3.05) is 11.1 Å². The van der Waals surface area contributed by atoms with Crippen LogP contribution in [0, 0.1) is 17.5 Å². The lowest BCUT2D eigenvalue weighted by Crippen LogP contribution is -2.14. The highest BCUT2D eigenvalue weighted by atomic mass is 19.2. The third-order valence-electron chi connectivity index (χ3n) is 2.65. The monoisotopic (exact) mass is 281 g/mol. The first-order valence-corrected chi connectivity index (χ1v) is 5.50. The van der Waals surface area contributed by atoms with E-state index in [-0.39, 0.29) is 22.6 Å². The number of hydrogen-bond acceptors (Lipinski definition) is 3. The van der Waals surface area contributed by atoms with E-state index in [9.17, 15) is 18.0 Å². The Bertz CT molecular complexity index is 689. The van der Waals surface area contributed by atoms with E-state index >= 15 is 0 Å². The van der Waals surface area contributed by atoms with Gasteiger partial charge in [0.25, 0.3) is 5.91 Å². The first-order valence-electron chi connectivity index (χ1n) is 5.50. The molecule has 0 aliphatic heterocycles. The van der Waals surface area contributed by atoms with Crippen LogP contribution >= 0.6 is 0 Å². The average Bonchev–Trinajstić information content (AvgIpc) is 2.37. The number of amides is 1. The van der Waals surface area contributed by atoms with Gasteiger partial charge in [-0.1, -0.05) is 6.07 Å². The van der Waals surface area contributed by atoms with Crippen LogP contribution in [0.5, 0.6) is 0 Å². The summed E-state index contributed by atoms with van der Waals surface area (Å²) in [4.78, 5) is 11.1. The van der Waals surface area contributed by atoms with Crippen LogP contribution in [0.2, 0.25) is 0 Å². The normalized spacial score (nSPS) is 10.3. The second kappa shape index (κ2) is 5.12. The summed E-state index contributed by atoms with van der Waals surface area (Å²) in [5.74, 6) is -4.25. The van der Waals surface area contributed by atoms with Crippen LogP contribution < -0.4 is 16.8 Å². The zero-order chi connectivity index (χ0) is 14.9. The fraction of sp³-hybridized carbons (Fsp3) is 0. The van der Waals surface area contributed by atoms with E-state index in [1.54, 1.807) is 0 Å². The molecule has 0 saturated heterocycles. The van der Waals surface area contributed by atoms with Gasteiger partial charge in [-0.25, -0.2) is 13.2 Å². The van der Waals surface area contributed by atoms with E-state index < -0.39 is 23.4 Å². The van der Waals surface area contributed by atoms with Crippen LogP contribution in [0.15, 0.2) is 30.3 Å². The summed E-state index contributed by atoms with van der Waals surface area (Å²) in [7, 11) is 0. The highest BCUT2D eigenvalue weighted by Crippen LogP contribution is 2.28. The minimum Gasteiger partial charge on any atom is -0.396 e. The van der Waals surface area contributed by atoms with Gasteiger partial charge in [-0.05, 0) is 12.1 Å². The number of carbonyl (C=O) groups excluding carboxylic acids is 1. The number of halogens is 3. The number of carbonyl (C=O) groups is 1. The average molecular weight is 281 g/mol. The molecule has 0 atom stereocenters. The molecule has 2 rings (SSSR count). The minimum absolute atomic E-state index is 0.0101. The number of hydrogen-bond donors (Lipinski definition) is 3. The van der Waals surface area contributed by atoms with Crippen molar-refractivity contribution in [3.8, 4) is 0 Å². The molecule has 4 nitrogen and oxygen atoms in total. The standard InChI is InChI=1S/C13H10F3N3O/c14-7-4-9(16)11(5-8(7)15)19-10-3-1-2-6(12(10)17)13(18)20/h1-5,19H,17H2,(H2,18,20). The summed E-state index contributed by atoms with van der Waals surface area (Å²) in [6.07, 6.45) is 0. The molecule has 20 heavy (non-hydrogen) atoms. The fourth-order valence-electron chi connectivity index (χ4n) is 1.65. The molecule has 0 spiro atoms. The molecular weight excluding hydrogens is 271 g/mol. The quantitative estimate of drug-likeness (QED) is 0.597. The molecule has 2 aromatic rings. The molecule has 1 amide bonds. The molecule has 2 aromatic carbocycles. The maximum atomic E-state index is 13.5. The summed E-state index contributed by atoms with van der Waals surface area (Å²) in [6.45, 7) is 0. The van der Waals surface area contributed by atoms with Crippen molar-refractivity contribution in [2.45, 2.75) is 0 Å². The fourth-order valence-corrected chi connectivity index (χ4v) is 1.65. The van der Waals surface area contributed by atoms with Gasteiger partial charge in [-0.3, -0.25) is 4.79 Å². The number of rotatable bonds is 3. The largest absolute Gasteiger partial charge is 0.396 e. The van der Waals surface area contributed by atoms with Gasteiger partial charge >= 0.3 is 0 Å². The van der Waals surface area contributed by atoms with E-state index in [2.05, 4.69) is 5.32 Å². The van der Waals surface area contributed by atoms with Crippen LogP contribution in [-0.4, -0.2) is 5.91 Å². The molecule has 5 N–H and O–H groups in total. The van der Waals surface area contributed by atoms with Crippen LogP contribution in [0.4, 0.5) is 30.2 Å². The highest BCUT2D eigenvalue weighted by Gasteiger charge is 2.13. The van der Waals surface area contributed by atoms with Crippen molar-refractivity contribution < 1.29 is 18.0 Å². The van der Waals surface area contributed by atoms with E-state index in [1.165, 1.54) is 18.2 Å². The lowest BCUT2D eigenvalue weighted by Gasteiger charge is -2.12. The van der Waals surface area contributed by atoms with Gasteiger partial charge in [0, 0.05) is 12.1 Å². The van der Waals surface area contributed by atoms with Crippen molar-refractivity contribution >= 4 is 23.0 Å². The second-order valence-corrected chi connectivity index (χ2v) is 4.00. The predicted molar refractivity (Wildman–Crippen MR) is 69.0 cm³/mol. The Morgan fingerprint density at radius 1 is 1.00 bits per heavy atom. The topological polar surface area (TPSA) is 81.1 Å². The maximum Gasteiger partial charge on any atom is 0.250 e. The number of primary amides is 1. The van der Waals surface area contributed by atoms with Gasteiger partial charge in [0.1, 0.15) is 5.82 Å². The molecule has 0 aromatic heterocycles. The van der Waals surface area contributed by atoms with E-state index in [0.717, 1.165) is 0 Å². The molecule has 0 fully saturated rings. The van der Waals surface area contributed by atoms with E-state index in [0.29, 0.717) is 12.1 Å². The molecule has 7 heteroatoms. The molecule has 104 valence electrons. The summed E-state index contributed by atoms with van der Waals surface area (Å²) < 4.78 is 39.4. The molecule has 0 aliphatic rings. The summed E-state index contributed by atoms with van der Waals surface area (Å²) in [5, 5.41) is 2.49. The van der Waals surface area contributed by atoms with Crippen molar-refractivity contribution in [1.29, 1.82) is 0 Å². The predicted octanol–water partition coefficient (Wildman–Crippen LogP) is 2.53. The number of para-hydroxylation sites is 1. The molecule has 0 aliphatic carbocycles. The van der Waals surface area contributed by atoms with Crippen LogP contribution in [0.25, 0.3) is 0 Å². The van der Waals surface area contributed by atoms with E-state index in [4.69, 9.17) is 11.5 Å². The first kappa shape index (κ1) is 13.7. The summed E-state index contributed by atoms with van der Waals surface area (Å²) in [5.41, 5.74) is 10.7. The Morgan fingerprint density at radius 3 is 2.30 bits per heavy atom. The Balaban J connectivity index is 2.43. The molecule has 0 heterocycles. The Morgan fingerprint density at radius 2 is 1.65 bits per heavy atom. The van der Waals surface area contributed by atoms with Gasteiger partial charge in [-0.2, -0.15) is 0 Å². The first-order chi connectivity index (χ1) is 9.40. The van der Waals surface area contributed by atoms with Crippen molar-refractivity contribution in [3.63, 3.8) is 0 Å². The Hall–Kier alpha value is -2.70. The molecular formula is C13H10F3N3O. The van der Waals surface area contributed by atoms with Gasteiger partial charge < -0.3 is 16.8 Å². The maximum absolute atomic E-state index is 13.5. The summed E-state index contributed by atoms with van der Waals surface area (Å²) in [6, 6.07) is 5.37. The zero-order valence-corrected chi connectivity index (χ0v) is 10.1. The highest BCUT2D eigenvalue weighted by molar-refractivity contribution is 6.01. The third-order valence-corrected chi connectivity index (χ3v) is 2.65. The number of anilines is 3. The minimum atomic E-state index is -1.30. The summed E-state index contributed by atoms with van der Waals surface area (Å²) >= 11 is 0. The van der Waals surface area contributed by atoms with Crippen molar-refractivity contribution in [3.05, 3.63) is 53.3 Å². The molecule has 0 bridgehead atoms. The number of nitrogens with two attached hydrogens (primary N) is 2. The third kappa shape index (κ3) is 2.51. The van der Waals surface area contributed by atoms with Gasteiger partial charge in [0.15, 0.2) is 11.6 Å². The number of benzene rings is 2. The Kier molecular flexibility index (Phi) is 3.51. The molecule has 0 saturated carbocycles.